The van der Waals surface area contributed by atoms with Gasteiger partial charge in [-0.05, 0) is 48.2 Å². The van der Waals surface area contributed by atoms with Crippen molar-refractivity contribution in [3.8, 4) is 11.4 Å². The van der Waals surface area contributed by atoms with Gasteiger partial charge < -0.3 is 9.55 Å². The van der Waals surface area contributed by atoms with E-state index in [2.05, 4.69) is 51.8 Å². The van der Waals surface area contributed by atoms with Gasteiger partial charge in [-0.1, -0.05) is 29.8 Å². The summed E-state index contributed by atoms with van der Waals surface area (Å²) in [6.07, 6.45) is 0.711. The maximum atomic E-state index is 12.6. The highest BCUT2D eigenvalue weighted by Gasteiger charge is 2.22. The minimum atomic E-state index is -0.0378. The molecule has 6 heteroatoms. The zero-order valence-corrected chi connectivity index (χ0v) is 16.9. The van der Waals surface area contributed by atoms with Crippen LogP contribution >= 0.6 is 11.6 Å². The van der Waals surface area contributed by atoms with Crippen molar-refractivity contribution in [2.45, 2.75) is 19.5 Å². The minimum absolute atomic E-state index is 0.0378. The molecular weight excluding hydrogens is 384 g/mol. The van der Waals surface area contributed by atoms with Crippen LogP contribution in [-0.2, 0) is 26.6 Å². The number of rotatable bonds is 3. The Hall–Kier alpha value is -2.89. The number of benzene rings is 2. The van der Waals surface area contributed by atoms with Crippen molar-refractivity contribution in [3.05, 3.63) is 86.9 Å². The van der Waals surface area contributed by atoms with E-state index in [1.165, 1.54) is 16.6 Å². The van der Waals surface area contributed by atoms with Crippen LogP contribution in [0.15, 0.2) is 59.4 Å². The fourth-order valence-electron chi connectivity index (χ4n) is 4.10. The molecule has 1 N–H and O–H groups in total. The molecule has 0 fully saturated rings. The Morgan fingerprint density at radius 2 is 1.93 bits per heavy atom. The second-order valence-electron chi connectivity index (χ2n) is 7.56. The summed E-state index contributed by atoms with van der Waals surface area (Å²) in [5.41, 5.74) is 4.99. The lowest BCUT2D eigenvalue weighted by Gasteiger charge is -2.27. The first-order valence-electron chi connectivity index (χ1n) is 9.72. The Balaban J connectivity index is 1.44. The third kappa shape index (κ3) is 3.37. The van der Waals surface area contributed by atoms with Crippen LogP contribution in [-0.4, -0.2) is 26.0 Å². The molecular formula is C23H21ClN4O. The van der Waals surface area contributed by atoms with E-state index in [4.69, 9.17) is 16.6 Å². The van der Waals surface area contributed by atoms with E-state index in [1.54, 1.807) is 0 Å². The van der Waals surface area contributed by atoms with E-state index < -0.39 is 0 Å². The molecule has 0 amide bonds. The first-order valence-corrected chi connectivity index (χ1v) is 10.1. The van der Waals surface area contributed by atoms with Gasteiger partial charge in [-0.2, -0.15) is 0 Å². The lowest BCUT2D eigenvalue weighted by atomic mass is 10.1. The minimum Gasteiger partial charge on any atom is -0.346 e. The smallest absolute Gasteiger partial charge is 0.254 e. The number of aromatic nitrogens is 3. The standard InChI is InChI=1S/C23H21ClN4O/c1-27-18(12-16-4-2-3-5-21(16)27)13-28-11-10-19-20(14-28)25-22(26-23(19)29)15-6-8-17(24)9-7-15/h2-9,12H,10-11,13-14H2,1H3,(H,25,26,29). The predicted octanol–water partition coefficient (Wildman–Crippen LogP) is 4.14. The third-order valence-electron chi connectivity index (χ3n) is 5.71. The van der Waals surface area contributed by atoms with Gasteiger partial charge >= 0.3 is 0 Å². The second kappa shape index (κ2) is 7.17. The summed E-state index contributed by atoms with van der Waals surface area (Å²) in [6.45, 7) is 2.34. The second-order valence-corrected chi connectivity index (χ2v) is 8.00. The number of hydrogen-bond donors (Lipinski definition) is 1. The molecule has 2 aromatic carbocycles. The zero-order valence-electron chi connectivity index (χ0n) is 16.2. The summed E-state index contributed by atoms with van der Waals surface area (Å²) in [6, 6.07) is 18.0. The molecule has 0 saturated carbocycles. The Morgan fingerprint density at radius 1 is 1.14 bits per heavy atom. The van der Waals surface area contributed by atoms with Crippen LogP contribution in [0, 0.1) is 0 Å². The molecule has 0 bridgehead atoms. The van der Waals surface area contributed by atoms with Crippen LogP contribution in [0.3, 0.4) is 0 Å². The van der Waals surface area contributed by atoms with Gasteiger partial charge in [0.1, 0.15) is 5.82 Å². The maximum Gasteiger partial charge on any atom is 0.254 e. The number of aryl methyl sites for hydroxylation is 1. The SMILES string of the molecule is Cn1c(CN2CCc3c(nc(-c4ccc(Cl)cc4)[nH]c3=O)C2)cc2ccccc21. The molecule has 0 atom stereocenters. The Morgan fingerprint density at radius 3 is 2.72 bits per heavy atom. The monoisotopic (exact) mass is 404 g/mol. The summed E-state index contributed by atoms with van der Waals surface area (Å²) in [5, 5.41) is 1.91. The summed E-state index contributed by atoms with van der Waals surface area (Å²) < 4.78 is 2.25. The van der Waals surface area contributed by atoms with Crippen molar-refractivity contribution in [2.24, 2.45) is 7.05 Å². The maximum absolute atomic E-state index is 12.6. The summed E-state index contributed by atoms with van der Waals surface area (Å²) in [4.78, 5) is 22.7. The topological polar surface area (TPSA) is 53.9 Å². The number of nitrogens with one attached hydrogen (secondary N) is 1. The zero-order chi connectivity index (χ0) is 20.0. The van der Waals surface area contributed by atoms with Gasteiger partial charge in [-0.3, -0.25) is 9.69 Å². The number of para-hydroxylation sites is 1. The highest BCUT2D eigenvalue weighted by Crippen LogP contribution is 2.23. The highest BCUT2D eigenvalue weighted by atomic mass is 35.5. The molecule has 5 nitrogen and oxygen atoms in total. The molecule has 3 heterocycles. The van der Waals surface area contributed by atoms with Crippen molar-refractivity contribution in [1.82, 2.24) is 19.4 Å². The van der Waals surface area contributed by atoms with Crippen molar-refractivity contribution in [2.75, 3.05) is 6.54 Å². The molecule has 4 aromatic rings. The van der Waals surface area contributed by atoms with Crippen LogP contribution in [0.2, 0.25) is 5.02 Å². The fraction of sp³-hybridized carbons (Fsp3) is 0.217. The number of nitrogens with zero attached hydrogens (tertiary/aromatic N) is 3. The van der Waals surface area contributed by atoms with E-state index in [0.717, 1.165) is 29.9 Å². The molecule has 0 unspecified atom stereocenters. The van der Waals surface area contributed by atoms with E-state index in [9.17, 15) is 4.79 Å². The fourth-order valence-corrected chi connectivity index (χ4v) is 4.23. The van der Waals surface area contributed by atoms with Crippen molar-refractivity contribution in [1.29, 1.82) is 0 Å². The Bertz CT molecular complexity index is 1260. The Kier molecular flexibility index (Phi) is 4.49. The molecule has 2 aromatic heterocycles. The van der Waals surface area contributed by atoms with Gasteiger partial charge in [0.2, 0.25) is 0 Å². The number of hydrogen-bond acceptors (Lipinski definition) is 3. The van der Waals surface area contributed by atoms with Crippen LogP contribution < -0.4 is 5.56 Å². The van der Waals surface area contributed by atoms with E-state index in [-0.39, 0.29) is 5.56 Å². The van der Waals surface area contributed by atoms with Gasteiger partial charge in [0.15, 0.2) is 0 Å². The average Bonchev–Trinajstić information content (AvgIpc) is 3.04. The third-order valence-corrected chi connectivity index (χ3v) is 5.96. The summed E-state index contributed by atoms with van der Waals surface area (Å²) in [7, 11) is 2.11. The van der Waals surface area contributed by atoms with Crippen molar-refractivity contribution >= 4 is 22.5 Å². The van der Waals surface area contributed by atoms with Gasteiger partial charge in [-0.25, -0.2) is 4.98 Å². The number of aromatic amines is 1. The quantitative estimate of drug-likeness (QED) is 0.558. The van der Waals surface area contributed by atoms with Gasteiger partial charge in [-0.15, -0.1) is 0 Å². The lowest BCUT2D eigenvalue weighted by molar-refractivity contribution is 0.236. The lowest BCUT2D eigenvalue weighted by Crippen LogP contribution is -2.35. The van der Waals surface area contributed by atoms with E-state index >= 15 is 0 Å². The summed E-state index contributed by atoms with van der Waals surface area (Å²) in [5.74, 6) is 0.594. The van der Waals surface area contributed by atoms with Crippen LogP contribution in [0.5, 0.6) is 0 Å². The van der Waals surface area contributed by atoms with Crippen LogP contribution in [0.25, 0.3) is 22.3 Å². The number of halogens is 1. The molecule has 0 saturated heterocycles. The van der Waals surface area contributed by atoms with E-state index in [1.807, 2.05) is 24.3 Å². The van der Waals surface area contributed by atoms with Gasteiger partial charge in [0, 0.05) is 54.0 Å². The molecule has 29 heavy (non-hydrogen) atoms. The molecule has 0 spiro atoms. The predicted molar refractivity (Wildman–Crippen MR) is 116 cm³/mol. The molecule has 1 aliphatic rings. The van der Waals surface area contributed by atoms with Gasteiger partial charge in [0.25, 0.3) is 5.56 Å². The van der Waals surface area contributed by atoms with Crippen molar-refractivity contribution in [3.63, 3.8) is 0 Å². The first kappa shape index (κ1) is 18.2. The molecule has 146 valence electrons. The van der Waals surface area contributed by atoms with Crippen LogP contribution in [0.1, 0.15) is 17.0 Å². The molecule has 0 radical (unpaired) electrons. The van der Waals surface area contributed by atoms with Crippen molar-refractivity contribution < 1.29 is 0 Å². The highest BCUT2D eigenvalue weighted by molar-refractivity contribution is 6.30. The van der Waals surface area contributed by atoms with Gasteiger partial charge in [0.05, 0.1) is 5.69 Å². The normalized spacial score (nSPS) is 14.3. The molecule has 0 aliphatic carbocycles. The summed E-state index contributed by atoms with van der Waals surface area (Å²) >= 11 is 5.98. The molecule has 5 rings (SSSR count). The largest absolute Gasteiger partial charge is 0.346 e. The number of H-pyrrole nitrogens is 1. The first-order chi connectivity index (χ1) is 14.1. The average molecular weight is 405 g/mol. The Labute approximate surface area is 173 Å². The van der Waals surface area contributed by atoms with Crippen LogP contribution in [0.4, 0.5) is 0 Å². The number of fused-ring (bicyclic) bond motifs is 2. The van der Waals surface area contributed by atoms with E-state index in [0.29, 0.717) is 23.8 Å². The molecule has 1 aliphatic heterocycles.